The molecule has 0 fully saturated rings. The van der Waals surface area contributed by atoms with Gasteiger partial charge in [0, 0.05) is 0 Å². The monoisotopic (exact) mass is 123 g/mol. The zero-order valence-electron chi connectivity index (χ0n) is 3.93. The maximum atomic E-state index is 10.1. The molecule has 0 atom stereocenters. The molecular weight excluding hydrogens is 116 g/mol. The molecule has 7 heavy (non-hydrogen) atoms. The molecule has 0 aliphatic heterocycles. The second kappa shape index (κ2) is 2.25. The first-order valence-electron chi connectivity index (χ1n) is 1.78. The summed E-state index contributed by atoms with van der Waals surface area (Å²) in [5.41, 5.74) is 0. The summed E-state index contributed by atoms with van der Waals surface area (Å²) in [4.78, 5) is 1.41. The molecule has 0 saturated heterocycles. The molecule has 0 aliphatic carbocycles. The Morgan fingerprint density at radius 3 is 2.14 bits per heavy atom. The van der Waals surface area contributed by atoms with Gasteiger partial charge in [-0.25, -0.2) is 8.42 Å². The molecule has 43 valence electrons. The topological polar surface area (TPSA) is 70.0 Å². The van der Waals surface area contributed by atoms with E-state index in [1.165, 1.54) is 11.8 Å². The van der Waals surface area contributed by atoms with Crippen molar-refractivity contribution in [1.82, 2.24) is 10.7 Å². The fourth-order valence-corrected chi connectivity index (χ4v) is 0.217. The van der Waals surface area contributed by atoms with E-state index in [0.29, 0.717) is 0 Å². The summed E-state index contributed by atoms with van der Waals surface area (Å²) in [6.45, 7) is 1.47. The van der Waals surface area contributed by atoms with E-state index < -0.39 is 10.0 Å². The molecule has 0 aromatic rings. The second-order valence-electron chi connectivity index (χ2n) is 1.01. The Kier molecular flexibility index (Phi) is 2.21. The Morgan fingerprint density at radius 2 is 2.14 bits per heavy atom. The minimum atomic E-state index is -3.24. The van der Waals surface area contributed by atoms with Crippen molar-refractivity contribution in [2.45, 2.75) is 6.92 Å². The third kappa shape index (κ3) is 2.55. The molecule has 0 saturated carbocycles. The van der Waals surface area contributed by atoms with Crippen LogP contribution in [0.3, 0.4) is 0 Å². The largest absolute Gasteiger partial charge is 0.225 e. The first-order valence-corrected chi connectivity index (χ1v) is 3.44. The van der Waals surface area contributed by atoms with Gasteiger partial charge in [-0.05, 0) is 6.92 Å². The molecule has 0 aromatic carbocycles. The van der Waals surface area contributed by atoms with Crippen LogP contribution >= 0.6 is 0 Å². The predicted octanol–water partition coefficient (Wildman–Crippen LogP) is -0.876. The SMILES string of the molecule is CCS(=O)(=O)N[NH]. The van der Waals surface area contributed by atoms with Gasteiger partial charge in [0.15, 0.2) is 0 Å². The van der Waals surface area contributed by atoms with Crippen molar-refractivity contribution in [3.63, 3.8) is 0 Å². The highest BCUT2D eigenvalue weighted by molar-refractivity contribution is 7.89. The molecular formula is C2H7N2O2S. The van der Waals surface area contributed by atoms with E-state index in [0.717, 1.165) is 0 Å². The lowest BCUT2D eigenvalue weighted by Crippen LogP contribution is -2.22. The van der Waals surface area contributed by atoms with Crippen LogP contribution in [-0.4, -0.2) is 14.2 Å². The zero-order valence-corrected chi connectivity index (χ0v) is 4.75. The van der Waals surface area contributed by atoms with Gasteiger partial charge in [0.05, 0.1) is 5.75 Å². The third-order valence-corrected chi connectivity index (χ3v) is 1.61. The van der Waals surface area contributed by atoms with Gasteiger partial charge in [-0.3, -0.25) is 0 Å². The average molecular weight is 123 g/mol. The highest BCUT2D eigenvalue weighted by Crippen LogP contribution is 1.74. The smallest absolute Gasteiger partial charge is 0.211 e. The van der Waals surface area contributed by atoms with Crippen LogP contribution in [0.2, 0.25) is 0 Å². The molecule has 0 bridgehead atoms. The van der Waals surface area contributed by atoms with Crippen molar-refractivity contribution in [1.29, 1.82) is 0 Å². The Balaban J connectivity index is 3.89. The highest BCUT2D eigenvalue weighted by atomic mass is 32.2. The standard InChI is InChI=1S/C2H7N2O2S/c1-2-7(5,6)4-3/h3-4H,2H2,1H3. The van der Waals surface area contributed by atoms with Crippen molar-refractivity contribution in [3.8, 4) is 0 Å². The lowest BCUT2D eigenvalue weighted by Gasteiger charge is -1.90. The van der Waals surface area contributed by atoms with Crippen LogP contribution in [0.25, 0.3) is 0 Å². The van der Waals surface area contributed by atoms with Gasteiger partial charge < -0.3 is 0 Å². The number of nitrogens with one attached hydrogen (secondary N) is 2. The van der Waals surface area contributed by atoms with Gasteiger partial charge in [0.2, 0.25) is 10.0 Å². The van der Waals surface area contributed by atoms with E-state index in [2.05, 4.69) is 0 Å². The molecule has 0 aromatic heterocycles. The Hall–Kier alpha value is -0.130. The maximum Gasteiger partial charge on any atom is 0.225 e. The van der Waals surface area contributed by atoms with E-state index in [4.69, 9.17) is 5.84 Å². The van der Waals surface area contributed by atoms with Crippen LogP contribution in [0.4, 0.5) is 0 Å². The van der Waals surface area contributed by atoms with Crippen molar-refractivity contribution < 1.29 is 8.42 Å². The molecule has 0 spiro atoms. The predicted molar refractivity (Wildman–Crippen MR) is 25.7 cm³/mol. The maximum absolute atomic E-state index is 10.1. The van der Waals surface area contributed by atoms with E-state index in [-0.39, 0.29) is 5.75 Å². The van der Waals surface area contributed by atoms with Crippen molar-refractivity contribution >= 4 is 10.0 Å². The van der Waals surface area contributed by atoms with Gasteiger partial charge in [0.25, 0.3) is 0 Å². The van der Waals surface area contributed by atoms with Gasteiger partial charge in [-0.15, -0.1) is 4.83 Å². The molecule has 5 heteroatoms. The van der Waals surface area contributed by atoms with E-state index >= 15 is 0 Å². The lowest BCUT2D eigenvalue weighted by molar-refractivity contribution is 0.583. The van der Waals surface area contributed by atoms with Gasteiger partial charge in [-0.1, -0.05) is 0 Å². The summed E-state index contributed by atoms with van der Waals surface area (Å²) >= 11 is 0. The van der Waals surface area contributed by atoms with Crippen LogP contribution in [0.15, 0.2) is 0 Å². The number of hydrogen-bond donors (Lipinski definition) is 1. The fraction of sp³-hybridized carbons (Fsp3) is 1.00. The average Bonchev–Trinajstić information content (AvgIpc) is 1.68. The van der Waals surface area contributed by atoms with Crippen LogP contribution < -0.4 is 10.7 Å². The normalized spacial score (nSPS) is 11.7. The van der Waals surface area contributed by atoms with Gasteiger partial charge in [-0.2, -0.15) is 5.84 Å². The van der Waals surface area contributed by atoms with E-state index in [1.807, 2.05) is 0 Å². The molecule has 1 radical (unpaired) electrons. The van der Waals surface area contributed by atoms with E-state index in [1.54, 1.807) is 0 Å². The van der Waals surface area contributed by atoms with Crippen molar-refractivity contribution in [3.05, 3.63) is 0 Å². The first-order chi connectivity index (χ1) is 3.12. The summed E-state index contributed by atoms with van der Waals surface area (Å²) in [5, 5.41) is 0. The molecule has 0 unspecified atom stereocenters. The molecule has 2 N–H and O–H groups in total. The lowest BCUT2D eigenvalue weighted by atomic mass is 11.0. The van der Waals surface area contributed by atoms with Gasteiger partial charge >= 0.3 is 0 Å². The van der Waals surface area contributed by atoms with Crippen LogP contribution in [0.1, 0.15) is 6.92 Å². The molecule has 0 rings (SSSR count). The van der Waals surface area contributed by atoms with Crippen molar-refractivity contribution in [2.75, 3.05) is 5.75 Å². The molecule has 0 heterocycles. The summed E-state index contributed by atoms with van der Waals surface area (Å²) in [5.74, 6) is 6.14. The van der Waals surface area contributed by atoms with Crippen molar-refractivity contribution in [2.24, 2.45) is 0 Å². The Bertz CT molecular complexity index is 117. The summed E-state index contributed by atoms with van der Waals surface area (Å²) in [6, 6.07) is 0. The zero-order chi connectivity index (χ0) is 5.91. The third-order valence-electron chi connectivity index (χ3n) is 0.536. The number of rotatable bonds is 2. The minimum Gasteiger partial charge on any atom is -0.211 e. The Morgan fingerprint density at radius 1 is 1.71 bits per heavy atom. The quantitative estimate of drug-likeness (QED) is 0.484. The minimum absolute atomic E-state index is 0.0312. The molecule has 0 aliphatic rings. The summed E-state index contributed by atoms with van der Waals surface area (Å²) in [6.07, 6.45) is 0. The first kappa shape index (κ1) is 6.87. The van der Waals surface area contributed by atoms with Crippen LogP contribution in [0, 0.1) is 0 Å². The molecule has 0 amide bonds. The van der Waals surface area contributed by atoms with Gasteiger partial charge in [0.1, 0.15) is 0 Å². The van der Waals surface area contributed by atoms with Crippen LogP contribution in [-0.2, 0) is 10.0 Å². The summed E-state index contributed by atoms with van der Waals surface area (Å²) < 4.78 is 20.1. The second-order valence-corrected chi connectivity index (χ2v) is 3.02. The number of hydrogen-bond acceptors (Lipinski definition) is 2. The Labute approximate surface area is 42.7 Å². The summed E-state index contributed by atoms with van der Waals surface area (Å²) in [7, 11) is -3.24. The molecule has 4 nitrogen and oxygen atoms in total. The highest BCUT2D eigenvalue weighted by Gasteiger charge is 1.99. The fourth-order valence-electron chi connectivity index (χ4n) is 0.0722. The van der Waals surface area contributed by atoms with E-state index in [9.17, 15) is 8.42 Å². The van der Waals surface area contributed by atoms with Crippen LogP contribution in [0.5, 0.6) is 0 Å². The number of sulfonamides is 1.